The van der Waals surface area contributed by atoms with Crippen molar-refractivity contribution in [2.75, 3.05) is 13.1 Å². The first kappa shape index (κ1) is 23.0. The summed E-state index contributed by atoms with van der Waals surface area (Å²) in [5.41, 5.74) is 2.95. The Morgan fingerprint density at radius 2 is 2.03 bits per heavy atom. The molecule has 6 nitrogen and oxygen atoms in total. The highest BCUT2D eigenvalue weighted by atomic mass is 79.9. The van der Waals surface area contributed by atoms with E-state index in [2.05, 4.69) is 49.2 Å². The van der Waals surface area contributed by atoms with E-state index in [1.807, 2.05) is 19.2 Å². The second kappa shape index (κ2) is 9.77. The minimum atomic E-state index is -3.67. The Balaban J connectivity index is 1.81. The van der Waals surface area contributed by atoms with Crippen molar-refractivity contribution in [2.45, 2.75) is 50.5 Å². The first-order valence-corrected chi connectivity index (χ1v) is 13.3. The van der Waals surface area contributed by atoms with Crippen LogP contribution >= 0.6 is 15.9 Å². The van der Waals surface area contributed by atoms with E-state index in [-0.39, 0.29) is 10.9 Å². The Kier molecular flexibility index (Phi) is 7.02. The number of halogens is 1. The van der Waals surface area contributed by atoms with Crippen molar-refractivity contribution in [1.82, 2.24) is 20.2 Å². The van der Waals surface area contributed by atoms with E-state index in [4.69, 9.17) is 0 Å². The van der Waals surface area contributed by atoms with Crippen molar-refractivity contribution in [3.8, 4) is 0 Å². The number of rotatable bonds is 8. The number of nitrogens with one attached hydrogen (secondary N) is 2. The number of fused-ring (bicyclic) bond motifs is 1. The van der Waals surface area contributed by atoms with Gasteiger partial charge in [-0.15, -0.1) is 0 Å². The van der Waals surface area contributed by atoms with Crippen molar-refractivity contribution >= 4 is 37.7 Å². The average Bonchev–Trinajstić information content (AvgIpc) is 3.15. The molecule has 0 atom stereocenters. The Morgan fingerprint density at radius 1 is 1.28 bits per heavy atom. The molecule has 2 aliphatic rings. The van der Waals surface area contributed by atoms with Gasteiger partial charge in [-0.2, -0.15) is 0 Å². The SMILES string of the molecule is CCC/C=C(\C=C(/NC1CNC1)c1cnc2n1C=C(C)CC2)S(=O)(=O)c1ccc(Br)cc1. The molecular formula is C24H29BrN4O2S. The predicted octanol–water partition coefficient (Wildman–Crippen LogP) is 4.51. The van der Waals surface area contributed by atoms with E-state index in [0.717, 1.165) is 54.0 Å². The molecule has 0 unspecified atom stereocenters. The summed E-state index contributed by atoms with van der Waals surface area (Å²) in [7, 11) is -3.67. The van der Waals surface area contributed by atoms with Crippen molar-refractivity contribution in [1.29, 1.82) is 0 Å². The van der Waals surface area contributed by atoms with Gasteiger partial charge in [-0.25, -0.2) is 13.4 Å². The third-order valence-electron chi connectivity index (χ3n) is 5.74. The Labute approximate surface area is 198 Å². The fraction of sp³-hybridized carbons (Fsp3) is 0.375. The van der Waals surface area contributed by atoms with Gasteiger partial charge in [0.05, 0.1) is 33.4 Å². The molecule has 1 aromatic heterocycles. The molecule has 2 N–H and O–H groups in total. The number of aromatic nitrogens is 2. The standard InChI is InChI=1S/C24H29BrN4O2S/c1-3-4-5-21(32(30,31)20-9-7-18(25)8-10-20)12-22(28-19-13-26-14-19)23-15-27-24-11-6-17(2)16-29(23)24/h5,7-10,12,15-16,19,26,28H,3-4,6,11,13-14H2,1-2H3/b21-5+,22-12-. The fourth-order valence-corrected chi connectivity index (χ4v) is 5.39. The van der Waals surface area contributed by atoms with E-state index in [0.29, 0.717) is 11.3 Å². The number of aryl methyl sites for hydroxylation is 1. The van der Waals surface area contributed by atoms with Crippen LogP contribution in [0.25, 0.3) is 11.9 Å². The Hall–Kier alpha value is -2.16. The van der Waals surface area contributed by atoms with Gasteiger partial charge in [-0.05, 0) is 50.1 Å². The topological polar surface area (TPSA) is 76.0 Å². The summed E-state index contributed by atoms with van der Waals surface area (Å²) in [4.78, 5) is 5.21. The van der Waals surface area contributed by atoms with E-state index in [1.165, 1.54) is 5.57 Å². The van der Waals surface area contributed by atoms with Crippen LogP contribution in [0.15, 0.2) is 62.5 Å². The lowest BCUT2D eigenvalue weighted by Gasteiger charge is -2.30. The van der Waals surface area contributed by atoms with Crippen LogP contribution < -0.4 is 10.6 Å². The van der Waals surface area contributed by atoms with Crippen LogP contribution in [0.4, 0.5) is 0 Å². The molecule has 0 amide bonds. The van der Waals surface area contributed by atoms with Gasteiger partial charge in [0.15, 0.2) is 0 Å². The zero-order valence-corrected chi connectivity index (χ0v) is 20.8. The maximum absolute atomic E-state index is 13.6. The number of allylic oxidation sites excluding steroid dienone is 3. The summed E-state index contributed by atoms with van der Waals surface area (Å²) in [6, 6.07) is 7.05. The van der Waals surface area contributed by atoms with Crippen LogP contribution in [0.5, 0.6) is 0 Å². The second-order valence-electron chi connectivity index (χ2n) is 8.32. The summed E-state index contributed by atoms with van der Waals surface area (Å²) in [6.07, 6.45) is 11.0. The van der Waals surface area contributed by atoms with Crippen LogP contribution in [0.1, 0.15) is 44.6 Å². The molecule has 0 radical (unpaired) electrons. The molecule has 3 heterocycles. The molecule has 170 valence electrons. The lowest BCUT2D eigenvalue weighted by Crippen LogP contribution is -2.54. The number of nitrogens with zero attached hydrogens (tertiary/aromatic N) is 2. The highest BCUT2D eigenvalue weighted by Gasteiger charge is 2.25. The lowest BCUT2D eigenvalue weighted by atomic mass is 10.1. The number of hydrogen-bond donors (Lipinski definition) is 2. The highest BCUT2D eigenvalue weighted by molar-refractivity contribution is 9.10. The molecule has 2 aromatic rings. The molecule has 1 saturated heterocycles. The molecule has 2 aliphatic heterocycles. The molecule has 0 saturated carbocycles. The number of hydrogen-bond acceptors (Lipinski definition) is 5. The average molecular weight is 517 g/mol. The molecule has 4 rings (SSSR count). The highest BCUT2D eigenvalue weighted by Crippen LogP contribution is 2.28. The third-order valence-corrected chi connectivity index (χ3v) is 8.06. The summed E-state index contributed by atoms with van der Waals surface area (Å²) in [5.74, 6) is 1.000. The zero-order valence-electron chi connectivity index (χ0n) is 18.4. The molecule has 0 bridgehead atoms. The van der Waals surface area contributed by atoms with Crippen molar-refractivity contribution in [3.63, 3.8) is 0 Å². The molecular weight excluding hydrogens is 488 g/mol. The quantitative estimate of drug-likeness (QED) is 0.504. The molecule has 32 heavy (non-hydrogen) atoms. The fourth-order valence-electron chi connectivity index (χ4n) is 3.75. The van der Waals surface area contributed by atoms with E-state index in [9.17, 15) is 8.42 Å². The van der Waals surface area contributed by atoms with E-state index in [1.54, 1.807) is 30.3 Å². The number of unbranched alkanes of at least 4 members (excludes halogenated alkanes) is 1. The van der Waals surface area contributed by atoms with Gasteiger partial charge in [0, 0.05) is 30.2 Å². The molecule has 1 aromatic carbocycles. The van der Waals surface area contributed by atoms with E-state index >= 15 is 0 Å². The van der Waals surface area contributed by atoms with Crippen LogP contribution in [-0.4, -0.2) is 37.1 Å². The van der Waals surface area contributed by atoms with Crippen LogP contribution in [0, 0.1) is 0 Å². The molecule has 8 heteroatoms. The Morgan fingerprint density at radius 3 is 2.69 bits per heavy atom. The summed E-state index contributed by atoms with van der Waals surface area (Å²) in [5, 5.41) is 6.82. The van der Waals surface area contributed by atoms with Crippen LogP contribution in [-0.2, 0) is 16.3 Å². The lowest BCUT2D eigenvalue weighted by molar-refractivity contribution is 0.406. The summed E-state index contributed by atoms with van der Waals surface area (Å²) in [6.45, 7) is 5.86. The van der Waals surface area contributed by atoms with Gasteiger partial charge in [0.2, 0.25) is 9.84 Å². The second-order valence-corrected chi connectivity index (χ2v) is 11.2. The first-order chi connectivity index (χ1) is 15.4. The minimum absolute atomic E-state index is 0.254. The van der Waals surface area contributed by atoms with Gasteiger partial charge in [0.25, 0.3) is 0 Å². The maximum Gasteiger partial charge on any atom is 0.206 e. The van der Waals surface area contributed by atoms with Gasteiger partial charge < -0.3 is 15.2 Å². The van der Waals surface area contributed by atoms with Gasteiger partial charge >= 0.3 is 0 Å². The minimum Gasteiger partial charge on any atom is -0.378 e. The molecule has 0 aliphatic carbocycles. The van der Waals surface area contributed by atoms with Crippen LogP contribution in [0.2, 0.25) is 0 Å². The van der Waals surface area contributed by atoms with Crippen molar-refractivity contribution < 1.29 is 8.42 Å². The number of benzene rings is 1. The largest absolute Gasteiger partial charge is 0.378 e. The zero-order chi connectivity index (χ0) is 22.7. The van der Waals surface area contributed by atoms with E-state index < -0.39 is 9.84 Å². The molecule has 1 fully saturated rings. The van der Waals surface area contributed by atoms with Gasteiger partial charge in [0.1, 0.15) is 5.82 Å². The summed E-state index contributed by atoms with van der Waals surface area (Å²) >= 11 is 3.39. The third kappa shape index (κ3) is 4.92. The number of sulfone groups is 1. The van der Waals surface area contributed by atoms with Gasteiger partial charge in [-0.3, -0.25) is 0 Å². The normalized spacial score (nSPS) is 17.5. The first-order valence-electron chi connectivity index (χ1n) is 11.0. The Bertz CT molecular complexity index is 1170. The van der Waals surface area contributed by atoms with Crippen molar-refractivity contribution in [2.24, 2.45) is 0 Å². The smallest absolute Gasteiger partial charge is 0.206 e. The predicted molar refractivity (Wildman–Crippen MR) is 133 cm³/mol. The van der Waals surface area contributed by atoms with Crippen molar-refractivity contribution in [3.05, 3.63) is 69.1 Å². The monoisotopic (exact) mass is 516 g/mol. The summed E-state index contributed by atoms with van der Waals surface area (Å²) < 4.78 is 30.1. The van der Waals surface area contributed by atoms with Gasteiger partial charge in [-0.1, -0.05) is 40.9 Å². The maximum atomic E-state index is 13.6. The number of imidazole rings is 1. The molecule has 0 spiro atoms. The van der Waals surface area contributed by atoms with Crippen LogP contribution in [0.3, 0.4) is 0 Å².